The summed E-state index contributed by atoms with van der Waals surface area (Å²) < 4.78 is 0. The van der Waals surface area contributed by atoms with E-state index in [0.717, 1.165) is 51.5 Å². The standard InChI is InChI=1S/C23H44N4OS/c1-7-13-25-16-9-10-18-19(14-16)29-21(26-18)27-20(28)17(24)11-12-23(5,6)15-22(3,4)8-2/h16-17,21,25-26H,7-15,24H2,1-6H3,(H,27,28). The first-order valence-corrected chi connectivity index (χ1v) is 12.4. The molecule has 0 spiro atoms. The van der Waals surface area contributed by atoms with Gasteiger partial charge >= 0.3 is 0 Å². The predicted molar refractivity (Wildman–Crippen MR) is 125 cm³/mol. The van der Waals surface area contributed by atoms with E-state index >= 15 is 0 Å². The van der Waals surface area contributed by atoms with Crippen LogP contribution >= 0.6 is 11.8 Å². The monoisotopic (exact) mass is 424 g/mol. The minimum absolute atomic E-state index is 0.0407. The molecule has 0 fully saturated rings. The van der Waals surface area contributed by atoms with Crippen LogP contribution < -0.4 is 21.7 Å². The van der Waals surface area contributed by atoms with Gasteiger partial charge in [0.05, 0.1) is 6.04 Å². The molecule has 1 aliphatic carbocycles. The lowest BCUT2D eigenvalue weighted by molar-refractivity contribution is -0.122. The number of carbonyl (C=O) groups is 1. The van der Waals surface area contributed by atoms with E-state index in [1.54, 1.807) is 11.8 Å². The summed E-state index contributed by atoms with van der Waals surface area (Å²) >= 11 is 1.75. The van der Waals surface area contributed by atoms with Crippen molar-refractivity contribution in [1.29, 1.82) is 0 Å². The van der Waals surface area contributed by atoms with Gasteiger partial charge in [-0.15, -0.1) is 0 Å². The minimum Gasteiger partial charge on any atom is -0.359 e. The number of hydrogen-bond donors (Lipinski definition) is 4. The quantitative estimate of drug-likeness (QED) is 0.394. The Kier molecular flexibility index (Phi) is 8.92. The van der Waals surface area contributed by atoms with Crippen molar-refractivity contribution in [3.8, 4) is 0 Å². The van der Waals surface area contributed by atoms with Crippen LogP contribution in [0.2, 0.25) is 0 Å². The Morgan fingerprint density at radius 2 is 2.00 bits per heavy atom. The molecular weight excluding hydrogens is 380 g/mol. The van der Waals surface area contributed by atoms with E-state index in [2.05, 4.69) is 57.5 Å². The lowest BCUT2D eigenvalue weighted by Crippen LogP contribution is -2.48. The normalized spacial score (nSPS) is 23.6. The highest BCUT2D eigenvalue weighted by atomic mass is 32.2. The molecule has 0 radical (unpaired) electrons. The second kappa shape index (κ2) is 10.5. The van der Waals surface area contributed by atoms with Gasteiger partial charge in [0.15, 0.2) is 5.50 Å². The summed E-state index contributed by atoms with van der Waals surface area (Å²) in [5, 5.41) is 10.2. The topological polar surface area (TPSA) is 79.2 Å². The molecule has 6 heteroatoms. The van der Waals surface area contributed by atoms with Crippen LogP contribution in [0.4, 0.5) is 0 Å². The highest BCUT2D eigenvalue weighted by Crippen LogP contribution is 2.40. The number of allylic oxidation sites excluding steroid dienone is 1. The molecule has 3 atom stereocenters. The third-order valence-electron chi connectivity index (χ3n) is 6.42. The second-order valence-corrected chi connectivity index (χ2v) is 11.7. The van der Waals surface area contributed by atoms with Crippen molar-refractivity contribution in [3.63, 3.8) is 0 Å². The van der Waals surface area contributed by atoms with Crippen LogP contribution in [-0.2, 0) is 4.79 Å². The summed E-state index contributed by atoms with van der Waals surface area (Å²) in [6.45, 7) is 14.8. The number of amides is 1. The van der Waals surface area contributed by atoms with Crippen molar-refractivity contribution in [2.45, 2.75) is 110 Å². The summed E-state index contributed by atoms with van der Waals surface area (Å²) in [5.41, 5.74) is 8.01. The van der Waals surface area contributed by atoms with Gasteiger partial charge in [0.2, 0.25) is 5.91 Å². The molecule has 0 bridgehead atoms. The van der Waals surface area contributed by atoms with Gasteiger partial charge in [-0.3, -0.25) is 4.79 Å². The molecule has 0 saturated carbocycles. The Morgan fingerprint density at radius 3 is 2.66 bits per heavy atom. The number of nitrogens with two attached hydrogens (primary N) is 1. The molecule has 3 unspecified atom stereocenters. The molecule has 5 nitrogen and oxygen atoms in total. The molecule has 29 heavy (non-hydrogen) atoms. The third-order valence-corrected chi connectivity index (χ3v) is 7.59. The summed E-state index contributed by atoms with van der Waals surface area (Å²) in [4.78, 5) is 14.0. The van der Waals surface area contributed by atoms with Gasteiger partial charge < -0.3 is 21.7 Å². The molecular formula is C23H44N4OS. The molecule has 0 saturated heterocycles. The van der Waals surface area contributed by atoms with Gasteiger partial charge in [0.1, 0.15) is 0 Å². The minimum atomic E-state index is -0.446. The number of rotatable bonds is 11. The summed E-state index contributed by atoms with van der Waals surface area (Å²) in [6.07, 6.45) is 8.46. The van der Waals surface area contributed by atoms with Gasteiger partial charge in [-0.2, -0.15) is 0 Å². The van der Waals surface area contributed by atoms with Crippen molar-refractivity contribution in [2.24, 2.45) is 16.6 Å². The number of hydrogen-bond acceptors (Lipinski definition) is 5. The van der Waals surface area contributed by atoms with Crippen molar-refractivity contribution >= 4 is 17.7 Å². The van der Waals surface area contributed by atoms with Crippen LogP contribution in [0.5, 0.6) is 0 Å². The van der Waals surface area contributed by atoms with Crippen molar-refractivity contribution in [1.82, 2.24) is 16.0 Å². The van der Waals surface area contributed by atoms with E-state index in [0.29, 0.717) is 11.5 Å². The van der Waals surface area contributed by atoms with E-state index < -0.39 is 6.04 Å². The molecule has 1 amide bonds. The SMILES string of the molecule is CCCNC1CCC2=C(C1)SC(NC(=O)C(N)CCC(C)(C)CC(C)(C)CC)N2. The molecule has 0 aromatic carbocycles. The average molecular weight is 425 g/mol. The fraction of sp³-hybridized carbons (Fsp3) is 0.870. The van der Waals surface area contributed by atoms with E-state index in [9.17, 15) is 4.79 Å². The first kappa shape index (κ1) is 24.5. The molecule has 2 aliphatic rings. The van der Waals surface area contributed by atoms with Crippen LogP contribution in [0.25, 0.3) is 0 Å². The Hall–Kier alpha value is -0.720. The lowest BCUT2D eigenvalue weighted by atomic mass is 9.71. The van der Waals surface area contributed by atoms with Gasteiger partial charge in [0, 0.05) is 16.6 Å². The molecule has 1 heterocycles. The fourth-order valence-electron chi connectivity index (χ4n) is 4.52. The maximum absolute atomic E-state index is 12.6. The Bertz CT molecular complexity index is 587. The van der Waals surface area contributed by atoms with Crippen LogP contribution in [0, 0.1) is 10.8 Å². The lowest BCUT2D eigenvalue weighted by Gasteiger charge is -2.35. The zero-order valence-electron chi connectivity index (χ0n) is 19.5. The summed E-state index contributed by atoms with van der Waals surface area (Å²) in [6, 6.07) is 0.118. The summed E-state index contributed by atoms with van der Waals surface area (Å²) in [7, 11) is 0. The van der Waals surface area contributed by atoms with Gasteiger partial charge in [0.25, 0.3) is 0 Å². The fourth-order valence-corrected chi connectivity index (χ4v) is 5.78. The molecule has 0 aromatic rings. The third kappa shape index (κ3) is 7.80. The predicted octanol–water partition coefficient (Wildman–Crippen LogP) is 4.45. The van der Waals surface area contributed by atoms with E-state index in [4.69, 9.17) is 5.73 Å². The van der Waals surface area contributed by atoms with Crippen LogP contribution in [-0.4, -0.2) is 30.0 Å². The van der Waals surface area contributed by atoms with Gasteiger partial charge in [-0.25, -0.2) is 0 Å². The zero-order valence-corrected chi connectivity index (χ0v) is 20.3. The Morgan fingerprint density at radius 1 is 1.28 bits per heavy atom. The summed E-state index contributed by atoms with van der Waals surface area (Å²) in [5.74, 6) is -0.0407. The molecule has 2 rings (SSSR count). The van der Waals surface area contributed by atoms with Gasteiger partial charge in [-0.1, -0.05) is 59.7 Å². The van der Waals surface area contributed by atoms with Crippen LogP contribution in [0.1, 0.15) is 92.9 Å². The van der Waals surface area contributed by atoms with Crippen molar-refractivity contribution in [2.75, 3.05) is 6.54 Å². The molecule has 0 aromatic heterocycles. The average Bonchev–Trinajstić information content (AvgIpc) is 3.05. The number of nitrogens with one attached hydrogen (secondary N) is 3. The largest absolute Gasteiger partial charge is 0.359 e. The highest BCUT2D eigenvalue weighted by molar-refractivity contribution is 8.03. The number of carbonyl (C=O) groups excluding carboxylic acids is 1. The maximum Gasteiger partial charge on any atom is 0.239 e. The molecule has 168 valence electrons. The smallest absolute Gasteiger partial charge is 0.239 e. The van der Waals surface area contributed by atoms with Crippen molar-refractivity contribution in [3.05, 3.63) is 10.6 Å². The first-order chi connectivity index (χ1) is 13.5. The Balaban J connectivity index is 1.75. The second-order valence-electron chi connectivity index (χ2n) is 10.5. The van der Waals surface area contributed by atoms with Gasteiger partial charge in [-0.05, 0) is 62.3 Å². The Labute approximate surface area is 182 Å². The van der Waals surface area contributed by atoms with Crippen LogP contribution in [0.15, 0.2) is 10.6 Å². The molecule has 5 N–H and O–H groups in total. The zero-order chi connectivity index (χ0) is 21.7. The van der Waals surface area contributed by atoms with E-state index in [1.165, 1.54) is 17.0 Å². The molecule has 1 aliphatic heterocycles. The number of thioether (sulfide) groups is 1. The van der Waals surface area contributed by atoms with Crippen LogP contribution in [0.3, 0.4) is 0 Å². The van der Waals surface area contributed by atoms with E-state index in [-0.39, 0.29) is 16.8 Å². The van der Waals surface area contributed by atoms with E-state index in [1.807, 2.05) is 0 Å². The first-order valence-electron chi connectivity index (χ1n) is 11.5. The highest BCUT2D eigenvalue weighted by Gasteiger charge is 2.32. The van der Waals surface area contributed by atoms with Crippen molar-refractivity contribution < 1.29 is 4.79 Å². The maximum atomic E-state index is 12.6.